The molecule has 0 fully saturated rings. The van der Waals surface area contributed by atoms with Crippen LogP contribution in [0.1, 0.15) is 9.67 Å². The fraction of sp³-hybridized carbons (Fsp3) is 0.188. The summed E-state index contributed by atoms with van der Waals surface area (Å²) in [7, 11) is -2.00. The first-order valence-corrected chi connectivity index (χ1v) is 12.0. The number of fused-ring (bicyclic) bond motifs is 1. The molecular formula is C16H14N2O5S4. The maximum Gasteiger partial charge on any atom is 0.316 e. The maximum atomic E-state index is 12.3. The van der Waals surface area contributed by atoms with E-state index in [1.165, 1.54) is 42.3 Å². The molecule has 0 bridgehead atoms. The lowest BCUT2D eigenvalue weighted by molar-refractivity contribution is -0.137. The average Bonchev–Trinajstić information content (AvgIpc) is 3.25. The number of benzene rings is 1. The van der Waals surface area contributed by atoms with Crippen LogP contribution >= 0.6 is 34.4 Å². The molecule has 2 aromatic heterocycles. The molecule has 0 atom stereocenters. The molecule has 0 aliphatic carbocycles. The predicted molar refractivity (Wildman–Crippen MR) is 108 cm³/mol. The van der Waals surface area contributed by atoms with E-state index >= 15 is 0 Å². The second-order valence-electron chi connectivity index (χ2n) is 5.37. The van der Waals surface area contributed by atoms with Crippen LogP contribution in [0, 0.1) is 0 Å². The summed E-state index contributed by atoms with van der Waals surface area (Å²) in [6, 6.07) is 8.20. The first kappa shape index (κ1) is 19.8. The van der Waals surface area contributed by atoms with Crippen LogP contribution in [0.2, 0.25) is 0 Å². The van der Waals surface area contributed by atoms with Crippen molar-refractivity contribution in [3.63, 3.8) is 0 Å². The minimum absolute atomic E-state index is 0.151. The number of thioether (sulfide) groups is 1. The van der Waals surface area contributed by atoms with Gasteiger partial charge in [0, 0.05) is 11.9 Å². The van der Waals surface area contributed by atoms with Gasteiger partial charge >= 0.3 is 5.97 Å². The topological polar surface area (TPSA) is 102 Å². The Morgan fingerprint density at radius 1 is 1.22 bits per heavy atom. The highest BCUT2D eigenvalue weighted by Crippen LogP contribution is 2.31. The second-order valence-corrected chi connectivity index (χ2v) is 11.0. The fourth-order valence-corrected chi connectivity index (χ4v) is 5.82. The molecule has 27 heavy (non-hydrogen) atoms. The number of thiazole rings is 1. The van der Waals surface area contributed by atoms with E-state index in [4.69, 9.17) is 0 Å². The van der Waals surface area contributed by atoms with Gasteiger partial charge < -0.3 is 10.1 Å². The number of methoxy groups -OCH3 is 1. The van der Waals surface area contributed by atoms with E-state index in [0.29, 0.717) is 10.6 Å². The largest absolute Gasteiger partial charge is 0.468 e. The number of amides is 1. The number of rotatable bonds is 6. The number of esters is 1. The molecule has 0 spiro atoms. The zero-order valence-electron chi connectivity index (χ0n) is 14.2. The standard InChI is InChI=1S/C16H14N2O5S4/c1-23-13(19)8-24-16-18-10-4-3-9(7-12(10)26-16)17-15(20)11-5-6-14(25-11)27(2,21)22/h3-7H,8H2,1-2H3,(H,17,20). The number of thiophene rings is 1. The summed E-state index contributed by atoms with van der Waals surface area (Å²) in [6.45, 7) is 0. The summed E-state index contributed by atoms with van der Waals surface area (Å²) in [5.74, 6) is -0.517. The number of nitrogens with one attached hydrogen (secondary N) is 1. The Bertz CT molecular complexity index is 1120. The number of nitrogens with zero attached hydrogens (tertiary/aromatic N) is 1. The zero-order valence-corrected chi connectivity index (χ0v) is 17.5. The number of hydrogen-bond acceptors (Lipinski definition) is 9. The zero-order chi connectivity index (χ0) is 19.6. The van der Waals surface area contributed by atoms with E-state index in [0.717, 1.165) is 32.1 Å². The van der Waals surface area contributed by atoms with Gasteiger partial charge in [-0.05, 0) is 30.3 Å². The van der Waals surface area contributed by atoms with Crippen molar-refractivity contribution in [2.75, 3.05) is 24.4 Å². The summed E-state index contributed by atoms with van der Waals surface area (Å²) < 4.78 is 29.4. The van der Waals surface area contributed by atoms with E-state index in [1.807, 2.05) is 0 Å². The second kappa shape index (κ2) is 7.97. The monoisotopic (exact) mass is 442 g/mol. The van der Waals surface area contributed by atoms with Crippen molar-refractivity contribution in [2.45, 2.75) is 8.55 Å². The fourth-order valence-electron chi connectivity index (χ4n) is 2.06. The van der Waals surface area contributed by atoms with Gasteiger partial charge in [0.25, 0.3) is 5.91 Å². The first-order chi connectivity index (χ1) is 12.8. The van der Waals surface area contributed by atoms with Gasteiger partial charge in [0.05, 0.1) is 28.0 Å². The highest BCUT2D eigenvalue weighted by Gasteiger charge is 2.16. The third-order valence-corrected chi connectivity index (χ3v) is 8.38. The van der Waals surface area contributed by atoms with Gasteiger partial charge in [0.15, 0.2) is 14.2 Å². The number of ether oxygens (including phenoxy) is 1. The molecule has 1 N–H and O–H groups in total. The Hall–Kier alpha value is -1.95. The van der Waals surface area contributed by atoms with E-state index < -0.39 is 9.84 Å². The average molecular weight is 443 g/mol. The van der Waals surface area contributed by atoms with Gasteiger partial charge in [-0.15, -0.1) is 22.7 Å². The van der Waals surface area contributed by atoms with Crippen molar-refractivity contribution < 1.29 is 22.7 Å². The molecule has 0 radical (unpaired) electrons. The van der Waals surface area contributed by atoms with Crippen LogP contribution in [-0.4, -0.2) is 44.4 Å². The number of carbonyl (C=O) groups is 2. The van der Waals surface area contributed by atoms with E-state index in [9.17, 15) is 18.0 Å². The van der Waals surface area contributed by atoms with Gasteiger partial charge in [-0.2, -0.15) is 0 Å². The minimum atomic E-state index is -3.33. The Morgan fingerprint density at radius 2 is 2.00 bits per heavy atom. The van der Waals surface area contributed by atoms with E-state index in [1.54, 1.807) is 18.2 Å². The highest BCUT2D eigenvalue weighted by molar-refractivity contribution is 8.01. The SMILES string of the molecule is COC(=O)CSc1nc2ccc(NC(=O)c3ccc(S(C)(=O)=O)s3)cc2s1. The summed E-state index contributed by atoms with van der Waals surface area (Å²) in [6.07, 6.45) is 1.11. The molecule has 2 heterocycles. The molecule has 0 unspecified atom stereocenters. The van der Waals surface area contributed by atoms with Crippen molar-refractivity contribution in [1.29, 1.82) is 0 Å². The van der Waals surface area contributed by atoms with E-state index in [-0.39, 0.29) is 21.8 Å². The van der Waals surface area contributed by atoms with Gasteiger partial charge in [-0.25, -0.2) is 13.4 Å². The van der Waals surface area contributed by atoms with E-state index in [2.05, 4.69) is 15.0 Å². The number of carbonyl (C=O) groups excluding carboxylic acids is 2. The third kappa shape index (κ3) is 4.86. The highest BCUT2D eigenvalue weighted by atomic mass is 32.2. The van der Waals surface area contributed by atoms with Crippen LogP contribution in [0.15, 0.2) is 38.9 Å². The molecule has 3 aromatic rings. The van der Waals surface area contributed by atoms with Gasteiger partial charge in [-0.3, -0.25) is 9.59 Å². The molecule has 0 saturated heterocycles. The quantitative estimate of drug-likeness (QED) is 0.462. The molecule has 0 aliphatic heterocycles. The number of aromatic nitrogens is 1. The van der Waals surface area contributed by atoms with Crippen LogP contribution < -0.4 is 5.32 Å². The number of sulfone groups is 1. The summed E-state index contributed by atoms with van der Waals surface area (Å²) in [5.41, 5.74) is 1.34. The van der Waals surface area contributed by atoms with Crippen LogP contribution in [0.3, 0.4) is 0 Å². The molecule has 3 rings (SSSR count). The Balaban J connectivity index is 1.74. The molecule has 7 nitrogen and oxygen atoms in total. The lowest BCUT2D eigenvalue weighted by Gasteiger charge is -2.03. The van der Waals surface area contributed by atoms with Gasteiger partial charge in [-0.1, -0.05) is 11.8 Å². The predicted octanol–water partition coefficient (Wildman–Crippen LogP) is 3.28. The number of anilines is 1. The van der Waals surface area contributed by atoms with Crippen LogP contribution in [0.25, 0.3) is 10.2 Å². The Kier molecular flexibility index (Phi) is 5.84. The molecule has 0 aliphatic rings. The Morgan fingerprint density at radius 3 is 2.67 bits per heavy atom. The molecule has 1 amide bonds. The normalized spacial score (nSPS) is 11.5. The molecule has 1 aromatic carbocycles. The molecule has 0 saturated carbocycles. The van der Waals surface area contributed by atoms with Crippen LogP contribution in [0.5, 0.6) is 0 Å². The lowest BCUT2D eigenvalue weighted by atomic mass is 10.3. The van der Waals surface area contributed by atoms with Crippen molar-refractivity contribution in [2.24, 2.45) is 0 Å². The molecule has 142 valence electrons. The lowest BCUT2D eigenvalue weighted by Crippen LogP contribution is -2.09. The third-order valence-electron chi connectivity index (χ3n) is 3.34. The first-order valence-electron chi connectivity index (χ1n) is 7.48. The summed E-state index contributed by atoms with van der Waals surface area (Å²) in [4.78, 5) is 28.3. The minimum Gasteiger partial charge on any atom is -0.468 e. The molecular weight excluding hydrogens is 428 g/mol. The van der Waals surface area contributed by atoms with Crippen molar-refractivity contribution in [1.82, 2.24) is 4.98 Å². The smallest absolute Gasteiger partial charge is 0.316 e. The van der Waals surface area contributed by atoms with Crippen molar-refractivity contribution in [3.05, 3.63) is 35.2 Å². The van der Waals surface area contributed by atoms with Gasteiger partial charge in [0.1, 0.15) is 4.21 Å². The van der Waals surface area contributed by atoms with Crippen LogP contribution in [-0.2, 0) is 19.4 Å². The number of hydrogen-bond donors (Lipinski definition) is 1. The Labute approximate surface area is 167 Å². The maximum absolute atomic E-state index is 12.3. The molecule has 11 heteroatoms. The van der Waals surface area contributed by atoms with Crippen LogP contribution in [0.4, 0.5) is 5.69 Å². The van der Waals surface area contributed by atoms with Crippen molar-refractivity contribution >= 4 is 72.1 Å². The van der Waals surface area contributed by atoms with Gasteiger partial charge in [0.2, 0.25) is 0 Å². The van der Waals surface area contributed by atoms with Crippen molar-refractivity contribution in [3.8, 4) is 0 Å². The summed E-state index contributed by atoms with van der Waals surface area (Å²) >= 11 is 3.63. The summed E-state index contributed by atoms with van der Waals surface area (Å²) in [5, 5.41) is 2.76.